The summed E-state index contributed by atoms with van der Waals surface area (Å²) in [6.45, 7) is 1.56. The Balaban J connectivity index is 1.84. The van der Waals surface area contributed by atoms with Gasteiger partial charge in [-0.2, -0.15) is 0 Å². The minimum absolute atomic E-state index is 0.0951. The van der Waals surface area contributed by atoms with Crippen LogP contribution in [-0.2, 0) is 9.53 Å². The standard InChI is InChI=1S/C16H17NO4/c1-17-9-16(10-17)8-13(18)12-7-11(3-5-14(12)21-16)4-6-15(19)20-2/h3-7H,8-10H2,1-2H3/b6-4+. The number of carbonyl (C=O) groups excluding carboxylic acids is 2. The first-order chi connectivity index (χ1) is 10.0. The van der Waals surface area contributed by atoms with Gasteiger partial charge in [0.25, 0.3) is 0 Å². The number of ether oxygens (including phenoxy) is 2. The molecule has 1 spiro atoms. The van der Waals surface area contributed by atoms with Crippen molar-refractivity contribution in [1.29, 1.82) is 0 Å². The van der Waals surface area contributed by atoms with E-state index in [-0.39, 0.29) is 11.4 Å². The zero-order chi connectivity index (χ0) is 15.0. The molecule has 1 saturated heterocycles. The molecule has 0 aromatic heterocycles. The fraction of sp³-hybridized carbons (Fsp3) is 0.375. The summed E-state index contributed by atoms with van der Waals surface area (Å²) in [5.74, 6) is 0.305. The molecule has 0 amide bonds. The summed E-state index contributed by atoms with van der Waals surface area (Å²) in [6.07, 6.45) is 3.37. The van der Waals surface area contributed by atoms with Gasteiger partial charge in [0.1, 0.15) is 11.4 Å². The predicted molar refractivity (Wildman–Crippen MR) is 77.3 cm³/mol. The maximum atomic E-state index is 12.3. The highest BCUT2D eigenvalue weighted by Gasteiger charge is 2.48. The van der Waals surface area contributed by atoms with Crippen molar-refractivity contribution in [1.82, 2.24) is 4.90 Å². The van der Waals surface area contributed by atoms with Crippen LogP contribution in [0.1, 0.15) is 22.3 Å². The molecule has 2 heterocycles. The van der Waals surface area contributed by atoms with Crippen molar-refractivity contribution in [2.45, 2.75) is 12.0 Å². The molecule has 2 aliphatic heterocycles. The first-order valence-electron chi connectivity index (χ1n) is 6.82. The molecule has 0 unspecified atom stereocenters. The molecule has 0 N–H and O–H groups in total. The second kappa shape index (κ2) is 5.00. The Morgan fingerprint density at radius 2 is 2.19 bits per heavy atom. The van der Waals surface area contributed by atoms with E-state index in [9.17, 15) is 9.59 Å². The minimum Gasteiger partial charge on any atom is -0.483 e. The highest BCUT2D eigenvalue weighted by Crippen LogP contribution is 2.38. The fourth-order valence-corrected chi connectivity index (χ4v) is 2.96. The summed E-state index contributed by atoms with van der Waals surface area (Å²) in [5.41, 5.74) is 1.02. The third-order valence-corrected chi connectivity index (χ3v) is 3.84. The zero-order valence-corrected chi connectivity index (χ0v) is 12.1. The summed E-state index contributed by atoms with van der Waals surface area (Å²) >= 11 is 0. The average molecular weight is 287 g/mol. The Kier molecular flexibility index (Phi) is 3.29. The van der Waals surface area contributed by atoms with Crippen LogP contribution in [0.25, 0.3) is 6.08 Å². The fourth-order valence-electron chi connectivity index (χ4n) is 2.96. The van der Waals surface area contributed by atoms with E-state index >= 15 is 0 Å². The van der Waals surface area contributed by atoms with Crippen LogP contribution in [0.5, 0.6) is 5.75 Å². The molecule has 1 fully saturated rings. The van der Waals surface area contributed by atoms with E-state index in [4.69, 9.17) is 4.74 Å². The zero-order valence-electron chi connectivity index (χ0n) is 12.1. The molecule has 0 aliphatic carbocycles. The Bertz CT molecular complexity index is 629. The number of benzene rings is 1. The summed E-state index contributed by atoms with van der Waals surface area (Å²) in [7, 11) is 3.33. The SMILES string of the molecule is COC(=O)/C=C/c1ccc2c(c1)C(=O)CC1(CN(C)C1)O2. The highest BCUT2D eigenvalue weighted by atomic mass is 16.5. The Hall–Kier alpha value is -2.14. The number of carbonyl (C=O) groups is 2. The maximum Gasteiger partial charge on any atom is 0.330 e. The molecule has 2 aliphatic rings. The second-order valence-electron chi connectivity index (χ2n) is 5.67. The van der Waals surface area contributed by atoms with Crippen molar-refractivity contribution in [2.75, 3.05) is 27.2 Å². The van der Waals surface area contributed by atoms with E-state index in [2.05, 4.69) is 9.64 Å². The normalized spacial score (nSPS) is 20.0. The van der Waals surface area contributed by atoms with Crippen molar-refractivity contribution in [3.8, 4) is 5.75 Å². The van der Waals surface area contributed by atoms with Gasteiger partial charge < -0.3 is 9.47 Å². The van der Waals surface area contributed by atoms with Crippen LogP contribution in [0.3, 0.4) is 0 Å². The van der Waals surface area contributed by atoms with E-state index in [1.54, 1.807) is 18.2 Å². The second-order valence-corrected chi connectivity index (χ2v) is 5.67. The monoisotopic (exact) mass is 287 g/mol. The van der Waals surface area contributed by atoms with Gasteiger partial charge >= 0.3 is 5.97 Å². The Labute approximate surface area is 123 Å². The van der Waals surface area contributed by atoms with E-state index in [1.165, 1.54) is 13.2 Å². The van der Waals surface area contributed by atoms with E-state index < -0.39 is 5.97 Å². The number of hydrogen-bond donors (Lipinski definition) is 0. The van der Waals surface area contributed by atoms with Crippen molar-refractivity contribution >= 4 is 17.8 Å². The van der Waals surface area contributed by atoms with Gasteiger partial charge in [0.2, 0.25) is 0 Å². The quantitative estimate of drug-likeness (QED) is 0.610. The van der Waals surface area contributed by atoms with Crippen molar-refractivity contribution in [2.24, 2.45) is 0 Å². The molecule has 0 saturated carbocycles. The molecular formula is C16H17NO4. The molecule has 5 nitrogen and oxygen atoms in total. The topological polar surface area (TPSA) is 55.8 Å². The highest BCUT2D eigenvalue weighted by molar-refractivity contribution is 6.01. The maximum absolute atomic E-state index is 12.3. The van der Waals surface area contributed by atoms with E-state index in [0.29, 0.717) is 17.7 Å². The number of ketones is 1. The van der Waals surface area contributed by atoms with Crippen LogP contribution in [0.2, 0.25) is 0 Å². The molecule has 0 radical (unpaired) electrons. The van der Waals surface area contributed by atoms with Gasteiger partial charge in [0, 0.05) is 19.2 Å². The number of rotatable bonds is 2. The number of methoxy groups -OCH3 is 1. The van der Waals surface area contributed by atoms with Crippen LogP contribution in [0, 0.1) is 0 Å². The third-order valence-electron chi connectivity index (χ3n) is 3.84. The molecule has 1 aromatic rings. The molecule has 0 atom stereocenters. The van der Waals surface area contributed by atoms with Gasteiger partial charge in [-0.1, -0.05) is 6.07 Å². The van der Waals surface area contributed by atoms with Gasteiger partial charge in [0.15, 0.2) is 5.78 Å². The van der Waals surface area contributed by atoms with Gasteiger partial charge in [-0.15, -0.1) is 0 Å². The number of Topliss-reactive ketones (excluding diaryl/α,β-unsaturated/α-hetero) is 1. The number of fused-ring (bicyclic) bond motifs is 1. The lowest BCUT2D eigenvalue weighted by Gasteiger charge is -2.49. The lowest BCUT2D eigenvalue weighted by Crippen LogP contribution is -2.65. The molecule has 1 aromatic carbocycles. The van der Waals surface area contributed by atoms with E-state index in [0.717, 1.165) is 18.7 Å². The minimum atomic E-state index is -0.424. The number of nitrogens with zero attached hydrogens (tertiary/aromatic N) is 1. The van der Waals surface area contributed by atoms with Crippen molar-refractivity contribution in [3.05, 3.63) is 35.4 Å². The van der Waals surface area contributed by atoms with Crippen molar-refractivity contribution in [3.63, 3.8) is 0 Å². The van der Waals surface area contributed by atoms with E-state index in [1.807, 2.05) is 13.1 Å². The van der Waals surface area contributed by atoms with Gasteiger partial charge in [-0.3, -0.25) is 9.69 Å². The van der Waals surface area contributed by atoms with Crippen LogP contribution < -0.4 is 4.74 Å². The van der Waals surface area contributed by atoms with Crippen LogP contribution >= 0.6 is 0 Å². The number of esters is 1. The number of hydrogen-bond acceptors (Lipinski definition) is 5. The molecule has 5 heteroatoms. The number of likely N-dealkylation sites (tertiary alicyclic amines) is 1. The van der Waals surface area contributed by atoms with Crippen LogP contribution in [-0.4, -0.2) is 49.5 Å². The Morgan fingerprint density at radius 1 is 1.43 bits per heavy atom. The largest absolute Gasteiger partial charge is 0.483 e. The predicted octanol–water partition coefficient (Wildman–Crippen LogP) is 1.52. The smallest absolute Gasteiger partial charge is 0.330 e. The third kappa shape index (κ3) is 2.56. The molecule has 21 heavy (non-hydrogen) atoms. The lowest BCUT2D eigenvalue weighted by atomic mass is 9.84. The number of likely N-dealkylation sites (N-methyl/N-ethyl adjacent to an activating group) is 1. The van der Waals surface area contributed by atoms with Crippen LogP contribution in [0.15, 0.2) is 24.3 Å². The van der Waals surface area contributed by atoms with Gasteiger partial charge in [-0.25, -0.2) is 4.79 Å². The summed E-state index contributed by atoms with van der Waals surface area (Å²) < 4.78 is 10.6. The first kappa shape index (κ1) is 13.8. The van der Waals surface area contributed by atoms with Gasteiger partial charge in [-0.05, 0) is 30.8 Å². The van der Waals surface area contributed by atoms with Crippen molar-refractivity contribution < 1.29 is 19.1 Å². The summed E-state index contributed by atoms with van der Waals surface area (Å²) in [6, 6.07) is 5.38. The van der Waals surface area contributed by atoms with Crippen LogP contribution in [0.4, 0.5) is 0 Å². The molecule has 110 valence electrons. The summed E-state index contributed by atoms with van der Waals surface area (Å²) in [4.78, 5) is 25.6. The lowest BCUT2D eigenvalue weighted by molar-refractivity contribution is -0.134. The molecular weight excluding hydrogens is 270 g/mol. The molecule has 3 rings (SSSR count). The van der Waals surface area contributed by atoms with Gasteiger partial charge in [0.05, 0.1) is 19.1 Å². The summed E-state index contributed by atoms with van der Waals surface area (Å²) in [5, 5.41) is 0. The Morgan fingerprint density at radius 3 is 2.86 bits per heavy atom. The average Bonchev–Trinajstić information content (AvgIpc) is 2.43. The first-order valence-corrected chi connectivity index (χ1v) is 6.82. The molecule has 0 bridgehead atoms.